The third kappa shape index (κ3) is 4.82. The maximum atomic E-state index is 12.6. The average Bonchev–Trinajstić information content (AvgIpc) is 3.42. The van der Waals surface area contributed by atoms with Crippen molar-refractivity contribution in [3.63, 3.8) is 0 Å². The van der Waals surface area contributed by atoms with Crippen molar-refractivity contribution in [2.24, 2.45) is 0 Å². The number of imidazole rings is 1. The lowest BCUT2D eigenvalue weighted by Crippen LogP contribution is -2.23. The number of aromatic amines is 1. The lowest BCUT2D eigenvalue weighted by atomic mass is 10.1. The number of benzene rings is 1. The van der Waals surface area contributed by atoms with Crippen LogP contribution in [0.2, 0.25) is 0 Å². The van der Waals surface area contributed by atoms with Crippen LogP contribution in [0.3, 0.4) is 0 Å². The summed E-state index contributed by atoms with van der Waals surface area (Å²) in [5.74, 6) is -0.155. The van der Waals surface area contributed by atoms with E-state index in [4.69, 9.17) is 0 Å². The molecule has 0 aliphatic carbocycles. The van der Waals surface area contributed by atoms with E-state index < -0.39 is 0 Å². The van der Waals surface area contributed by atoms with Crippen LogP contribution in [-0.4, -0.2) is 30.5 Å². The first-order valence-corrected chi connectivity index (χ1v) is 9.57. The van der Waals surface area contributed by atoms with Crippen molar-refractivity contribution in [1.82, 2.24) is 29.9 Å². The van der Waals surface area contributed by atoms with Crippen LogP contribution < -0.4 is 10.6 Å². The maximum absolute atomic E-state index is 12.6. The molecule has 5 aromatic rings. The molecule has 4 aromatic heterocycles. The van der Waals surface area contributed by atoms with Gasteiger partial charge in [-0.1, -0.05) is 12.1 Å². The molecule has 0 bridgehead atoms. The van der Waals surface area contributed by atoms with E-state index in [1.54, 1.807) is 18.5 Å². The number of aromatic nitrogens is 5. The minimum absolute atomic E-state index is 0. The highest BCUT2D eigenvalue weighted by atomic mass is 35.5. The Morgan fingerprint density at radius 2 is 1.91 bits per heavy atom. The standard InChI is InChI=1S/C22H19N7O.2ClH/c30-22(18-4-1-5-20-19(18)12-26-28-20)25-11-17-14-29-13-16(6-7-21(29)27-17)24-10-15-3-2-8-23-9-15;;/h1-9,12-14,24H,10-11H2,(H,25,30)(H,26,28);2*1H. The molecule has 0 unspecified atom stereocenters. The van der Waals surface area contributed by atoms with Gasteiger partial charge in [0.15, 0.2) is 0 Å². The molecule has 4 heterocycles. The zero-order valence-electron chi connectivity index (χ0n) is 16.9. The van der Waals surface area contributed by atoms with Crippen LogP contribution in [0.1, 0.15) is 21.6 Å². The van der Waals surface area contributed by atoms with Crippen LogP contribution in [0.15, 0.2) is 73.4 Å². The highest BCUT2D eigenvalue weighted by Gasteiger charge is 2.11. The number of carbonyl (C=O) groups excluding carboxylic acids is 1. The summed E-state index contributed by atoms with van der Waals surface area (Å²) in [6, 6.07) is 13.4. The number of rotatable bonds is 6. The molecule has 1 aromatic carbocycles. The molecule has 0 aliphatic heterocycles. The number of anilines is 1. The number of fused-ring (bicyclic) bond motifs is 2. The van der Waals surface area contributed by atoms with Crippen molar-refractivity contribution in [1.29, 1.82) is 0 Å². The lowest BCUT2D eigenvalue weighted by Gasteiger charge is -2.06. The number of hydrogen-bond donors (Lipinski definition) is 3. The first kappa shape index (κ1) is 23.1. The highest BCUT2D eigenvalue weighted by molar-refractivity contribution is 6.05. The number of halogens is 2. The van der Waals surface area contributed by atoms with Gasteiger partial charge in [-0.3, -0.25) is 14.9 Å². The summed E-state index contributed by atoms with van der Waals surface area (Å²) in [6.07, 6.45) is 9.17. The van der Waals surface area contributed by atoms with Gasteiger partial charge in [-0.05, 0) is 35.9 Å². The van der Waals surface area contributed by atoms with E-state index in [0.717, 1.165) is 33.5 Å². The highest BCUT2D eigenvalue weighted by Crippen LogP contribution is 2.16. The Labute approximate surface area is 196 Å². The summed E-state index contributed by atoms with van der Waals surface area (Å²) in [5.41, 5.74) is 5.12. The molecule has 0 atom stereocenters. The average molecular weight is 470 g/mol. The minimum atomic E-state index is -0.155. The van der Waals surface area contributed by atoms with E-state index in [2.05, 4.69) is 30.8 Å². The predicted molar refractivity (Wildman–Crippen MR) is 129 cm³/mol. The van der Waals surface area contributed by atoms with E-state index in [1.165, 1.54) is 0 Å². The predicted octanol–water partition coefficient (Wildman–Crippen LogP) is 3.99. The van der Waals surface area contributed by atoms with Crippen molar-refractivity contribution >= 4 is 53.0 Å². The molecule has 32 heavy (non-hydrogen) atoms. The van der Waals surface area contributed by atoms with Crippen molar-refractivity contribution in [2.45, 2.75) is 13.1 Å². The molecule has 5 rings (SSSR count). The molecule has 0 saturated carbocycles. The number of amides is 1. The number of nitrogens with one attached hydrogen (secondary N) is 3. The van der Waals surface area contributed by atoms with Gasteiger partial charge in [-0.25, -0.2) is 4.98 Å². The lowest BCUT2D eigenvalue weighted by molar-refractivity contribution is 0.0952. The summed E-state index contributed by atoms with van der Waals surface area (Å²) in [6.45, 7) is 1.03. The normalized spacial score (nSPS) is 10.4. The van der Waals surface area contributed by atoms with Gasteiger partial charge in [0.05, 0.1) is 35.2 Å². The van der Waals surface area contributed by atoms with E-state index in [1.807, 2.05) is 59.4 Å². The topological polar surface area (TPSA) is 100 Å². The molecule has 3 N–H and O–H groups in total. The van der Waals surface area contributed by atoms with Crippen molar-refractivity contribution < 1.29 is 4.79 Å². The molecular weight excluding hydrogens is 449 g/mol. The minimum Gasteiger partial charge on any atom is -0.380 e. The molecule has 0 spiro atoms. The Morgan fingerprint density at radius 3 is 2.75 bits per heavy atom. The molecule has 8 nitrogen and oxygen atoms in total. The monoisotopic (exact) mass is 469 g/mol. The Balaban J connectivity index is 0.00000144. The second-order valence-corrected chi connectivity index (χ2v) is 6.95. The quantitative estimate of drug-likeness (QED) is 0.349. The van der Waals surface area contributed by atoms with Gasteiger partial charge in [0, 0.05) is 36.7 Å². The first-order chi connectivity index (χ1) is 14.8. The smallest absolute Gasteiger partial charge is 0.252 e. The Morgan fingerprint density at radius 1 is 1.00 bits per heavy atom. The van der Waals surface area contributed by atoms with Crippen LogP contribution in [-0.2, 0) is 13.1 Å². The largest absolute Gasteiger partial charge is 0.380 e. The van der Waals surface area contributed by atoms with E-state index >= 15 is 0 Å². The van der Waals surface area contributed by atoms with Gasteiger partial charge < -0.3 is 15.0 Å². The second-order valence-electron chi connectivity index (χ2n) is 6.95. The van der Waals surface area contributed by atoms with Crippen LogP contribution in [0.5, 0.6) is 0 Å². The fraction of sp³-hybridized carbons (Fsp3) is 0.0909. The molecule has 10 heteroatoms. The molecule has 0 aliphatic rings. The zero-order chi connectivity index (χ0) is 20.3. The maximum Gasteiger partial charge on any atom is 0.252 e. The van der Waals surface area contributed by atoms with E-state index in [9.17, 15) is 4.79 Å². The Hall–Kier alpha value is -3.62. The summed E-state index contributed by atoms with van der Waals surface area (Å²) in [5, 5.41) is 14.0. The second kappa shape index (κ2) is 10.1. The number of carbonyl (C=O) groups is 1. The van der Waals surface area contributed by atoms with Gasteiger partial charge in [0.1, 0.15) is 5.65 Å². The van der Waals surface area contributed by atoms with Crippen molar-refractivity contribution in [3.05, 3.63) is 90.3 Å². The SMILES string of the molecule is Cl.Cl.O=C(NCc1cn2cc(NCc3cccnc3)ccc2n1)c1cccc2[nH]ncc12. The van der Waals surface area contributed by atoms with Gasteiger partial charge in [0.25, 0.3) is 5.91 Å². The third-order valence-corrected chi connectivity index (χ3v) is 4.88. The molecule has 0 saturated heterocycles. The summed E-state index contributed by atoms with van der Waals surface area (Å²) in [4.78, 5) is 21.3. The van der Waals surface area contributed by atoms with Crippen LogP contribution in [0.25, 0.3) is 16.6 Å². The van der Waals surface area contributed by atoms with Gasteiger partial charge in [-0.2, -0.15) is 5.10 Å². The van der Waals surface area contributed by atoms with Crippen LogP contribution in [0, 0.1) is 0 Å². The summed E-state index contributed by atoms with van der Waals surface area (Å²) < 4.78 is 1.95. The number of nitrogens with zero attached hydrogens (tertiary/aromatic N) is 4. The summed E-state index contributed by atoms with van der Waals surface area (Å²) in [7, 11) is 0. The molecule has 1 amide bonds. The number of H-pyrrole nitrogens is 1. The van der Waals surface area contributed by atoms with Gasteiger partial charge in [-0.15, -0.1) is 24.8 Å². The Bertz CT molecular complexity index is 1330. The van der Waals surface area contributed by atoms with E-state index in [-0.39, 0.29) is 30.7 Å². The van der Waals surface area contributed by atoms with E-state index in [0.29, 0.717) is 18.7 Å². The fourth-order valence-corrected chi connectivity index (χ4v) is 3.37. The molecule has 0 fully saturated rings. The van der Waals surface area contributed by atoms with Gasteiger partial charge in [0.2, 0.25) is 0 Å². The molecule has 0 radical (unpaired) electrons. The fourth-order valence-electron chi connectivity index (χ4n) is 3.37. The molecule has 164 valence electrons. The first-order valence-electron chi connectivity index (χ1n) is 9.57. The Kier molecular flexibility index (Phi) is 7.29. The zero-order valence-corrected chi connectivity index (χ0v) is 18.5. The molecular formula is C22H21Cl2N7O. The summed E-state index contributed by atoms with van der Waals surface area (Å²) >= 11 is 0. The number of pyridine rings is 2. The van der Waals surface area contributed by atoms with Gasteiger partial charge >= 0.3 is 0 Å². The van der Waals surface area contributed by atoms with Crippen LogP contribution >= 0.6 is 24.8 Å². The van der Waals surface area contributed by atoms with Crippen molar-refractivity contribution in [2.75, 3.05) is 5.32 Å². The van der Waals surface area contributed by atoms with Crippen LogP contribution in [0.4, 0.5) is 5.69 Å². The number of hydrogen-bond acceptors (Lipinski definition) is 5. The van der Waals surface area contributed by atoms with Crippen molar-refractivity contribution in [3.8, 4) is 0 Å². The third-order valence-electron chi connectivity index (χ3n) is 4.88.